The van der Waals surface area contributed by atoms with Gasteiger partial charge in [0.2, 0.25) is 0 Å². The van der Waals surface area contributed by atoms with Crippen molar-refractivity contribution in [2.75, 3.05) is 13.1 Å². The first-order valence-corrected chi connectivity index (χ1v) is 6.39. The van der Waals surface area contributed by atoms with Crippen LogP contribution in [0.5, 0.6) is 0 Å². The normalized spacial score (nSPS) is 24.0. The van der Waals surface area contributed by atoms with E-state index in [1.165, 1.54) is 12.1 Å². The molecule has 1 N–H and O–H groups in total. The molecule has 0 unspecified atom stereocenters. The molecule has 6 heteroatoms. The standard InChI is InChI=1S/C14H16F3NO2/c1-9-6-18(8-11(9)13(19)20)7-10-4-2-3-5-12(10)14(15,16)17/h2-5,9,11H,6-8H2,1H3,(H,19,20)/t9-,11-/m1/s1. The van der Waals surface area contributed by atoms with Crippen LogP contribution < -0.4 is 0 Å². The van der Waals surface area contributed by atoms with Crippen LogP contribution >= 0.6 is 0 Å². The maximum atomic E-state index is 12.9. The molecule has 0 radical (unpaired) electrons. The zero-order valence-electron chi connectivity index (χ0n) is 11.0. The Labute approximate surface area is 115 Å². The van der Waals surface area contributed by atoms with Gasteiger partial charge in [-0.15, -0.1) is 0 Å². The van der Waals surface area contributed by atoms with Crippen molar-refractivity contribution in [3.05, 3.63) is 35.4 Å². The van der Waals surface area contributed by atoms with Gasteiger partial charge in [0, 0.05) is 19.6 Å². The molecule has 1 saturated heterocycles. The van der Waals surface area contributed by atoms with Crippen molar-refractivity contribution in [2.24, 2.45) is 11.8 Å². The average molecular weight is 287 g/mol. The Morgan fingerprint density at radius 3 is 2.55 bits per heavy atom. The number of aliphatic carboxylic acids is 1. The van der Waals surface area contributed by atoms with Gasteiger partial charge in [-0.2, -0.15) is 13.2 Å². The number of carboxylic acid groups (broad SMARTS) is 1. The van der Waals surface area contributed by atoms with Gasteiger partial charge in [-0.3, -0.25) is 9.69 Å². The maximum absolute atomic E-state index is 12.9. The summed E-state index contributed by atoms with van der Waals surface area (Å²) in [7, 11) is 0. The van der Waals surface area contributed by atoms with E-state index in [-0.39, 0.29) is 18.0 Å². The first-order valence-electron chi connectivity index (χ1n) is 6.39. The van der Waals surface area contributed by atoms with Gasteiger partial charge in [0.05, 0.1) is 11.5 Å². The van der Waals surface area contributed by atoms with Crippen LogP contribution in [-0.2, 0) is 17.5 Å². The number of hydrogen-bond donors (Lipinski definition) is 1. The summed E-state index contributed by atoms with van der Waals surface area (Å²) in [6, 6.07) is 5.43. The molecular weight excluding hydrogens is 271 g/mol. The highest BCUT2D eigenvalue weighted by Crippen LogP contribution is 2.33. The number of rotatable bonds is 3. The van der Waals surface area contributed by atoms with Crippen LogP contribution in [0.4, 0.5) is 13.2 Å². The third kappa shape index (κ3) is 3.12. The molecule has 0 bridgehead atoms. The summed E-state index contributed by atoms with van der Waals surface area (Å²) < 4.78 is 38.7. The van der Waals surface area contributed by atoms with Crippen LogP contribution in [-0.4, -0.2) is 29.1 Å². The van der Waals surface area contributed by atoms with Crippen molar-refractivity contribution in [3.8, 4) is 0 Å². The number of alkyl halides is 3. The SMILES string of the molecule is C[C@@H]1CN(Cc2ccccc2C(F)(F)F)C[C@H]1C(=O)O. The molecule has 0 saturated carbocycles. The number of carboxylic acids is 1. The van der Waals surface area contributed by atoms with Crippen LogP contribution in [0.15, 0.2) is 24.3 Å². The molecule has 1 fully saturated rings. The van der Waals surface area contributed by atoms with Crippen molar-refractivity contribution in [1.29, 1.82) is 0 Å². The van der Waals surface area contributed by atoms with E-state index in [0.717, 1.165) is 6.07 Å². The van der Waals surface area contributed by atoms with Crippen molar-refractivity contribution in [3.63, 3.8) is 0 Å². The van der Waals surface area contributed by atoms with E-state index >= 15 is 0 Å². The van der Waals surface area contributed by atoms with Gasteiger partial charge in [0.1, 0.15) is 0 Å². The topological polar surface area (TPSA) is 40.5 Å². The average Bonchev–Trinajstić information content (AvgIpc) is 2.69. The molecule has 110 valence electrons. The molecule has 1 aromatic rings. The highest BCUT2D eigenvalue weighted by atomic mass is 19.4. The van der Waals surface area contributed by atoms with Gasteiger partial charge in [0.25, 0.3) is 0 Å². The monoisotopic (exact) mass is 287 g/mol. The van der Waals surface area contributed by atoms with E-state index < -0.39 is 23.6 Å². The minimum Gasteiger partial charge on any atom is -0.481 e. The quantitative estimate of drug-likeness (QED) is 0.929. The maximum Gasteiger partial charge on any atom is 0.416 e. The fourth-order valence-electron chi connectivity index (χ4n) is 2.69. The number of carbonyl (C=O) groups is 1. The first kappa shape index (κ1) is 14.8. The summed E-state index contributed by atoms with van der Waals surface area (Å²) in [5, 5.41) is 9.04. The zero-order chi connectivity index (χ0) is 14.9. The van der Waals surface area contributed by atoms with E-state index in [2.05, 4.69) is 0 Å². The van der Waals surface area contributed by atoms with Crippen LogP contribution in [0.3, 0.4) is 0 Å². The Morgan fingerprint density at radius 1 is 1.35 bits per heavy atom. The van der Waals surface area contributed by atoms with Crippen LogP contribution in [0.1, 0.15) is 18.1 Å². The molecule has 0 aliphatic carbocycles. The summed E-state index contributed by atoms with van der Waals surface area (Å²) in [5.74, 6) is -1.44. The summed E-state index contributed by atoms with van der Waals surface area (Å²) in [5.41, 5.74) is -0.454. The van der Waals surface area contributed by atoms with Crippen LogP contribution in [0, 0.1) is 11.8 Å². The Morgan fingerprint density at radius 2 is 2.00 bits per heavy atom. The number of benzene rings is 1. The highest BCUT2D eigenvalue weighted by Gasteiger charge is 2.37. The molecule has 3 nitrogen and oxygen atoms in total. The molecule has 2 rings (SSSR count). The lowest BCUT2D eigenvalue weighted by Gasteiger charge is -2.19. The van der Waals surface area contributed by atoms with Crippen molar-refractivity contribution < 1.29 is 23.1 Å². The zero-order valence-corrected chi connectivity index (χ0v) is 11.0. The van der Waals surface area contributed by atoms with Crippen molar-refractivity contribution in [2.45, 2.75) is 19.6 Å². The van der Waals surface area contributed by atoms with E-state index in [1.807, 2.05) is 6.92 Å². The predicted octanol–water partition coefficient (Wildman–Crippen LogP) is 2.86. The second-order valence-corrected chi connectivity index (χ2v) is 5.27. The molecule has 2 atom stereocenters. The van der Waals surface area contributed by atoms with Gasteiger partial charge in [-0.25, -0.2) is 0 Å². The minimum atomic E-state index is -4.38. The van der Waals surface area contributed by atoms with Gasteiger partial charge in [-0.1, -0.05) is 25.1 Å². The van der Waals surface area contributed by atoms with E-state index in [1.54, 1.807) is 11.0 Å². The number of halogens is 3. The minimum absolute atomic E-state index is 0.0504. The summed E-state index contributed by atoms with van der Waals surface area (Å²) in [4.78, 5) is 12.8. The largest absolute Gasteiger partial charge is 0.481 e. The van der Waals surface area contributed by atoms with Gasteiger partial charge < -0.3 is 5.11 Å². The first-order chi connectivity index (χ1) is 9.29. The van der Waals surface area contributed by atoms with Gasteiger partial charge in [-0.05, 0) is 17.5 Å². The van der Waals surface area contributed by atoms with E-state index in [0.29, 0.717) is 13.1 Å². The second kappa shape index (κ2) is 5.44. The van der Waals surface area contributed by atoms with Gasteiger partial charge in [0.15, 0.2) is 0 Å². The smallest absolute Gasteiger partial charge is 0.416 e. The molecule has 0 amide bonds. The lowest BCUT2D eigenvalue weighted by atomic mass is 9.99. The summed E-state index contributed by atoms with van der Waals surface area (Å²) in [6.07, 6.45) is -4.38. The number of hydrogen-bond acceptors (Lipinski definition) is 2. The molecule has 1 aromatic carbocycles. The second-order valence-electron chi connectivity index (χ2n) is 5.27. The van der Waals surface area contributed by atoms with Crippen molar-refractivity contribution in [1.82, 2.24) is 4.90 Å². The molecule has 1 aliphatic rings. The Bertz CT molecular complexity index is 501. The third-order valence-electron chi connectivity index (χ3n) is 3.72. The summed E-state index contributed by atoms with van der Waals surface area (Å²) in [6.45, 7) is 2.74. The number of nitrogens with zero attached hydrogens (tertiary/aromatic N) is 1. The fraction of sp³-hybridized carbons (Fsp3) is 0.500. The Hall–Kier alpha value is -1.56. The molecule has 1 aliphatic heterocycles. The fourth-order valence-corrected chi connectivity index (χ4v) is 2.69. The van der Waals surface area contributed by atoms with Crippen LogP contribution in [0.2, 0.25) is 0 Å². The van der Waals surface area contributed by atoms with E-state index in [9.17, 15) is 18.0 Å². The predicted molar refractivity (Wildman–Crippen MR) is 67.0 cm³/mol. The lowest BCUT2D eigenvalue weighted by molar-refractivity contribution is -0.142. The van der Waals surface area contributed by atoms with Crippen LogP contribution in [0.25, 0.3) is 0 Å². The lowest BCUT2D eigenvalue weighted by Crippen LogP contribution is -2.24. The molecule has 20 heavy (non-hydrogen) atoms. The molecule has 1 heterocycles. The van der Waals surface area contributed by atoms with Crippen molar-refractivity contribution >= 4 is 5.97 Å². The number of likely N-dealkylation sites (tertiary alicyclic amines) is 1. The molecule has 0 spiro atoms. The van der Waals surface area contributed by atoms with E-state index in [4.69, 9.17) is 5.11 Å². The third-order valence-corrected chi connectivity index (χ3v) is 3.72. The summed E-state index contributed by atoms with van der Waals surface area (Å²) >= 11 is 0. The van der Waals surface area contributed by atoms with Gasteiger partial charge >= 0.3 is 12.1 Å². The molecule has 0 aromatic heterocycles. The Kier molecular flexibility index (Phi) is 4.04. The highest BCUT2D eigenvalue weighted by molar-refractivity contribution is 5.71. The Balaban J connectivity index is 2.14. The molecular formula is C14H16F3NO2.